The van der Waals surface area contributed by atoms with Crippen LogP contribution in [0.3, 0.4) is 0 Å². The predicted octanol–water partition coefficient (Wildman–Crippen LogP) is 3.42. The van der Waals surface area contributed by atoms with Gasteiger partial charge >= 0.3 is 0 Å². The van der Waals surface area contributed by atoms with Gasteiger partial charge in [-0.3, -0.25) is 4.55 Å². The third kappa shape index (κ3) is 3.77. The van der Waals surface area contributed by atoms with Gasteiger partial charge in [-0.1, -0.05) is 6.08 Å². The normalized spacial score (nSPS) is 16.0. The highest BCUT2D eigenvalue weighted by atomic mass is 32.2. The lowest BCUT2D eigenvalue weighted by Gasteiger charge is -2.08. The summed E-state index contributed by atoms with van der Waals surface area (Å²) in [5.41, 5.74) is 9.50. The van der Waals surface area contributed by atoms with Crippen molar-refractivity contribution < 1.29 is 13.0 Å². The van der Waals surface area contributed by atoms with Crippen molar-refractivity contribution in [2.45, 2.75) is 26.7 Å². The average Bonchev–Trinajstić information content (AvgIpc) is 2.41. The number of azo groups is 1. The fraction of sp³-hybridized carbons (Fsp3) is 0.286. The van der Waals surface area contributed by atoms with E-state index < -0.39 is 10.1 Å². The molecular weight excluding hydrogens is 290 g/mol. The first-order chi connectivity index (χ1) is 9.77. The minimum absolute atomic E-state index is 0.132. The zero-order chi connectivity index (χ0) is 15.6. The maximum atomic E-state index is 11.1. The molecule has 6 nitrogen and oxygen atoms in total. The monoisotopic (exact) mass is 307 g/mol. The van der Waals surface area contributed by atoms with E-state index in [1.165, 1.54) is 12.2 Å². The number of nitrogen functional groups attached to an aromatic ring is 1. The van der Waals surface area contributed by atoms with Crippen LogP contribution >= 0.6 is 0 Å². The molecule has 0 fully saturated rings. The van der Waals surface area contributed by atoms with Crippen LogP contribution in [-0.2, 0) is 10.1 Å². The molecular formula is C14H17N3O3S. The minimum atomic E-state index is -4.20. The van der Waals surface area contributed by atoms with Gasteiger partial charge in [0, 0.05) is 5.69 Å². The number of benzene rings is 1. The molecule has 0 unspecified atom stereocenters. The number of hydrogen-bond donors (Lipinski definition) is 2. The van der Waals surface area contributed by atoms with Crippen LogP contribution in [-0.4, -0.2) is 13.0 Å². The lowest BCUT2D eigenvalue weighted by atomic mass is 10.1. The molecule has 7 heteroatoms. The second kappa shape index (κ2) is 5.79. The Kier molecular flexibility index (Phi) is 4.24. The Morgan fingerprint density at radius 1 is 1.19 bits per heavy atom. The molecule has 0 amide bonds. The molecule has 1 aromatic carbocycles. The number of anilines is 1. The maximum absolute atomic E-state index is 11.1. The first-order valence-corrected chi connectivity index (χ1v) is 7.88. The van der Waals surface area contributed by atoms with Crippen LogP contribution in [0.2, 0.25) is 0 Å². The SMILES string of the molecule is Cc1cc(/N=N/C2=CC(S(=O)(=O)O)=CCC2)c(C)cc1N. The topological polar surface area (TPSA) is 105 Å². The number of hydrogen-bond acceptors (Lipinski definition) is 5. The van der Waals surface area contributed by atoms with Gasteiger partial charge < -0.3 is 5.73 Å². The van der Waals surface area contributed by atoms with Gasteiger partial charge in [-0.05, 0) is 56.0 Å². The van der Waals surface area contributed by atoms with Crippen molar-refractivity contribution in [1.82, 2.24) is 0 Å². The number of rotatable bonds is 3. The van der Waals surface area contributed by atoms with E-state index >= 15 is 0 Å². The fourth-order valence-electron chi connectivity index (χ4n) is 1.97. The number of allylic oxidation sites excluding steroid dienone is 3. The zero-order valence-electron chi connectivity index (χ0n) is 11.9. The van der Waals surface area contributed by atoms with Gasteiger partial charge in [0.05, 0.1) is 16.3 Å². The van der Waals surface area contributed by atoms with Crippen LogP contribution < -0.4 is 5.73 Å². The number of aryl methyl sites for hydroxylation is 2. The molecule has 21 heavy (non-hydrogen) atoms. The van der Waals surface area contributed by atoms with Crippen LogP contribution in [0.25, 0.3) is 0 Å². The Morgan fingerprint density at radius 3 is 2.57 bits per heavy atom. The van der Waals surface area contributed by atoms with Gasteiger partial charge in [0.15, 0.2) is 0 Å². The van der Waals surface area contributed by atoms with Crippen LogP contribution in [0.4, 0.5) is 11.4 Å². The summed E-state index contributed by atoms with van der Waals surface area (Å²) in [6, 6.07) is 3.65. The molecule has 0 bridgehead atoms. The molecule has 0 atom stereocenters. The molecule has 0 aromatic heterocycles. The van der Waals surface area contributed by atoms with Crippen LogP contribution in [0, 0.1) is 13.8 Å². The van der Waals surface area contributed by atoms with Crippen LogP contribution in [0.15, 0.2) is 45.1 Å². The largest absolute Gasteiger partial charge is 0.399 e. The predicted molar refractivity (Wildman–Crippen MR) is 81.8 cm³/mol. The molecule has 0 spiro atoms. The molecule has 0 radical (unpaired) electrons. The number of nitrogens with two attached hydrogens (primary N) is 1. The maximum Gasteiger partial charge on any atom is 0.294 e. The number of nitrogens with zero attached hydrogens (tertiary/aromatic N) is 2. The van der Waals surface area contributed by atoms with E-state index in [4.69, 9.17) is 10.3 Å². The molecule has 2 rings (SSSR count). The summed E-state index contributed by atoms with van der Waals surface area (Å²) in [5.74, 6) is 0. The summed E-state index contributed by atoms with van der Waals surface area (Å²) in [6.45, 7) is 3.76. The van der Waals surface area contributed by atoms with E-state index in [9.17, 15) is 8.42 Å². The van der Waals surface area contributed by atoms with Gasteiger partial charge in [0.1, 0.15) is 0 Å². The summed E-state index contributed by atoms with van der Waals surface area (Å²) in [7, 11) is -4.20. The summed E-state index contributed by atoms with van der Waals surface area (Å²) in [6.07, 6.45) is 3.88. The van der Waals surface area contributed by atoms with Crippen molar-refractivity contribution in [3.05, 3.63) is 46.0 Å². The van der Waals surface area contributed by atoms with E-state index in [1.807, 2.05) is 26.0 Å². The highest BCUT2D eigenvalue weighted by Gasteiger charge is 2.15. The third-order valence-corrected chi connectivity index (χ3v) is 4.10. The summed E-state index contributed by atoms with van der Waals surface area (Å²) < 4.78 is 31.2. The van der Waals surface area contributed by atoms with E-state index in [0.717, 1.165) is 11.1 Å². The van der Waals surface area contributed by atoms with Crippen LogP contribution in [0.5, 0.6) is 0 Å². The first-order valence-electron chi connectivity index (χ1n) is 6.44. The second-order valence-corrected chi connectivity index (χ2v) is 6.37. The Hall–Kier alpha value is -1.99. The summed E-state index contributed by atoms with van der Waals surface area (Å²) in [5, 5.41) is 8.22. The molecule has 112 valence electrons. The molecule has 1 aliphatic carbocycles. The van der Waals surface area contributed by atoms with E-state index in [2.05, 4.69) is 10.2 Å². The highest BCUT2D eigenvalue weighted by Crippen LogP contribution is 2.27. The third-order valence-electron chi connectivity index (χ3n) is 3.22. The van der Waals surface area contributed by atoms with Crippen molar-refractivity contribution in [2.24, 2.45) is 10.2 Å². The fourth-order valence-corrected chi connectivity index (χ4v) is 2.58. The molecule has 3 N–H and O–H groups in total. The van der Waals surface area contributed by atoms with Gasteiger partial charge in [0.25, 0.3) is 10.1 Å². The summed E-state index contributed by atoms with van der Waals surface area (Å²) >= 11 is 0. The van der Waals surface area contributed by atoms with Gasteiger partial charge in [-0.2, -0.15) is 18.6 Å². The quantitative estimate of drug-likeness (QED) is 0.507. The van der Waals surface area contributed by atoms with Gasteiger partial charge in [-0.25, -0.2) is 0 Å². The molecule has 0 saturated heterocycles. The smallest absolute Gasteiger partial charge is 0.294 e. The Labute approximate surface area is 123 Å². The second-order valence-electron chi connectivity index (χ2n) is 4.95. The Bertz CT molecular complexity index is 762. The standard InChI is InChI=1S/C14H17N3O3S/c1-9-7-14(10(2)6-13(9)15)17-16-11-4-3-5-12(8-11)21(18,19)20/h5-8H,3-4,15H2,1-2H3,(H,18,19,20)/b17-16+. The average molecular weight is 307 g/mol. The molecule has 0 aliphatic heterocycles. The van der Waals surface area contributed by atoms with E-state index in [1.54, 1.807) is 0 Å². The first kappa shape index (κ1) is 15.4. The molecule has 0 saturated carbocycles. The zero-order valence-corrected chi connectivity index (χ0v) is 12.7. The lowest BCUT2D eigenvalue weighted by molar-refractivity contribution is 0.491. The minimum Gasteiger partial charge on any atom is -0.399 e. The van der Waals surface area contributed by atoms with Crippen molar-refractivity contribution in [2.75, 3.05) is 5.73 Å². The van der Waals surface area contributed by atoms with Crippen molar-refractivity contribution in [1.29, 1.82) is 0 Å². The van der Waals surface area contributed by atoms with Crippen LogP contribution in [0.1, 0.15) is 24.0 Å². The Balaban J connectivity index is 2.28. The highest BCUT2D eigenvalue weighted by molar-refractivity contribution is 7.90. The van der Waals surface area contributed by atoms with Crippen molar-refractivity contribution >= 4 is 21.5 Å². The molecule has 1 aromatic rings. The van der Waals surface area contributed by atoms with Crippen molar-refractivity contribution in [3.8, 4) is 0 Å². The van der Waals surface area contributed by atoms with Gasteiger partial charge in [0.2, 0.25) is 0 Å². The van der Waals surface area contributed by atoms with E-state index in [-0.39, 0.29) is 4.91 Å². The van der Waals surface area contributed by atoms with Crippen molar-refractivity contribution in [3.63, 3.8) is 0 Å². The van der Waals surface area contributed by atoms with Gasteiger partial charge in [-0.15, -0.1) is 0 Å². The van der Waals surface area contributed by atoms with E-state index in [0.29, 0.717) is 29.9 Å². The summed E-state index contributed by atoms with van der Waals surface area (Å²) in [4.78, 5) is -0.132. The molecule has 1 aliphatic rings. The molecule has 0 heterocycles. The lowest BCUT2D eigenvalue weighted by Crippen LogP contribution is -2.03. The Morgan fingerprint density at radius 2 is 1.90 bits per heavy atom.